The summed E-state index contributed by atoms with van der Waals surface area (Å²) in [6.45, 7) is 7.44. The third-order valence-corrected chi connectivity index (χ3v) is 4.54. The lowest BCUT2D eigenvalue weighted by atomic mass is 9.78. The molecule has 0 aromatic carbocycles. The first-order chi connectivity index (χ1) is 9.54. The average molecular weight is 285 g/mol. The molecule has 5 heteroatoms. The second-order valence-corrected chi connectivity index (χ2v) is 6.15. The van der Waals surface area contributed by atoms with Gasteiger partial charge in [0.1, 0.15) is 0 Å². The van der Waals surface area contributed by atoms with Crippen LogP contribution < -0.4 is 0 Å². The van der Waals surface area contributed by atoms with Crippen LogP contribution in [0.5, 0.6) is 0 Å². The summed E-state index contributed by atoms with van der Waals surface area (Å²) in [5.41, 5.74) is -0.658. The second kappa shape index (κ2) is 6.87. The molecule has 5 nitrogen and oxygen atoms in total. The topological polar surface area (TPSA) is 59.0 Å². The Morgan fingerprint density at radius 3 is 2.75 bits per heavy atom. The van der Waals surface area contributed by atoms with Gasteiger partial charge in [0.2, 0.25) is 0 Å². The molecule has 20 heavy (non-hydrogen) atoms. The molecule has 2 rings (SSSR count). The quantitative estimate of drug-likeness (QED) is 0.786. The minimum absolute atomic E-state index is 0.0302. The molecule has 1 N–H and O–H groups in total. The molecule has 0 aromatic rings. The summed E-state index contributed by atoms with van der Waals surface area (Å²) < 4.78 is 10.5. The van der Waals surface area contributed by atoms with Crippen molar-refractivity contribution in [2.45, 2.75) is 51.2 Å². The van der Waals surface area contributed by atoms with Crippen molar-refractivity contribution < 1.29 is 19.4 Å². The molecule has 0 bridgehead atoms. The van der Waals surface area contributed by atoms with Gasteiger partial charge in [0.15, 0.2) is 0 Å². The fourth-order valence-electron chi connectivity index (χ4n) is 3.18. The Labute approximate surface area is 121 Å². The van der Waals surface area contributed by atoms with E-state index in [1.54, 1.807) is 0 Å². The van der Waals surface area contributed by atoms with Gasteiger partial charge in [-0.3, -0.25) is 9.69 Å². The van der Waals surface area contributed by atoms with Crippen LogP contribution in [0.4, 0.5) is 0 Å². The van der Waals surface area contributed by atoms with Crippen molar-refractivity contribution in [1.82, 2.24) is 4.90 Å². The Bertz CT molecular complexity index is 326. The van der Waals surface area contributed by atoms with E-state index in [2.05, 4.69) is 11.8 Å². The molecule has 1 aliphatic carbocycles. The van der Waals surface area contributed by atoms with E-state index in [1.165, 1.54) is 0 Å². The third kappa shape index (κ3) is 3.93. The number of morpholine rings is 1. The molecule has 1 atom stereocenters. The zero-order chi connectivity index (χ0) is 14.6. The first-order valence-corrected chi connectivity index (χ1v) is 7.75. The molecule has 1 unspecified atom stereocenters. The van der Waals surface area contributed by atoms with Crippen molar-refractivity contribution in [3.63, 3.8) is 0 Å². The van der Waals surface area contributed by atoms with E-state index >= 15 is 0 Å². The van der Waals surface area contributed by atoms with Crippen molar-refractivity contribution in [2.24, 2.45) is 5.92 Å². The van der Waals surface area contributed by atoms with Crippen molar-refractivity contribution in [3.8, 4) is 0 Å². The molecule has 0 aromatic heterocycles. The Morgan fingerprint density at radius 2 is 2.15 bits per heavy atom. The maximum absolute atomic E-state index is 11.7. The molecule has 116 valence electrons. The van der Waals surface area contributed by atoms with E-state index in [4.69, 9.17) is 9.47 Å². The van der Waals surface area contributed by atoms with Gasteiger partial charge in [-0.15, -0.1) is 0 Å². The normalized spacial score (nSPS) is 35.8. The lowest BCUT2D eigenvalue weighted by molar-refractivity contribution is -0.151. The lowest BCUT2D eigenvalue weighted by Crippen LogP contribution is -2.52. The molecule has 1 aliphatic heterocycles. The first kappa shape index (κ1) is 15.7. The van der Waals surface area contributed by atoms with Gasteiger partial charge in [-0.05, 0) is 39.5 Å². The number of hydrogen-bond donors (Lipinski definition) is 1. The number of carbonyl (C=O) groups is 1. The van der Waals surface area contributed by atoms with Crippen LogP contribution in [-0.2, 0) is 14.3 Å². The van der Waals surface area contributed by atoms with Crippen LogP contribution >= 0.6 is 0 Å². The van der Waals surface area contributed by atoms with Gasteiger partial charge in [-0.25, -0.2) is 0 Å². The summed E-state index contributed by atoms with van der Waals surface area (Å²) in [7, 11) is 0. The monoisotopic (exact) mass is 285 g/mol. The largest absolute Gasteiger partial charge is 0.466 e. The summed E-state index contributed by atoms with van der Waals surface area (Å²) in [5, 5.41) is 10.7. The molecular weight excluding hydrogens is 258 g/mol. The van der Waals surface area contributed by atoms with Gasteiger partial charge >= 0.3 is 5.97 Å². The van der Waals surface area contributed by atoms with Crippen molar-refractivity contribution in [3.05, 3.63) is 0 Å². The highest BCUT2D eigenvalue weighted by Gasteiger charge is 2.38. The standard InChI is InChI=1S/C15H27NO4/c1-3-20-14(17)13-4-6-15(18,7-5-13)11-16-8-9-19-10-12(16)2/h12-13,18H,3-11H2,1-2H3. The predicted octanol–water partition coefficient (Wildman–Crippen LogP) is 1.19. The van der Waals surface area contributed by atoms with Gasteiger partial charge < -0.3 is 14.6 Å². The minimum atomic E-state index is -0.658. The Kier molecular flexibility index (Phi) is 5.41. The summed E-state index contributed by atoms with van der Waals surface area (Å²) in [5.74, 6) is -0.133. The highest BCUT2D eigenvalue weighted by Crippen LogP contribution is 2.34. The number of aliphatic hydroxyl groups is 1. The minimum Gasteiger partial charge on any atom is -0.466 e. The van der Waals surface area contributed by atoms with Crippen LogP contribution in [0, 0.1) is 5.92 Å². The van der Waals surface area contributed by atoms with E-state index in [9.17, 15) is 9.90 Å². The smallest absolute Gasteiger partial charge is 0.308 e. The highest BCUT2D eigenvalue weighted by molar-refractivity contribution is 5.72. The summed E-state index contributed by atoms with van der Waals surface area (Å²) in [4.78, 5) is 14.0. The van der Waals surface area contributed by atoms with Crippen LogP contribution in [0.2, 0.25) is 0 Å². The fraction of sp³-hybridized carbons (Fsp3) is 0.933. The van der Waals surface area contributed by atoms with Crippen LogP contribution in [-0.4, -0.2) is 60.5 Å². The Hall–Kier alpha value is -0.650. The van der Waals surface area contributed by atoms with Gasteiger partial charge in [0.25, 0.3) is 0 Å². The molecule has 1 saturated heterocycles. The van der Waals surface area contributed by atoms with Gasteiger partial charge in [-0.1, -0.05) is 0 Å². The van der Waals surface area contributed by atoms with Crippen molar-refractivity contribution in [1.29, 1.82) is 0 Å². The van der Waals surface area contributed by atoms with Gasteiger partial charge in [0, 0.05) is 19.1 Å². The number of β-amino-alcohol motifs (C(OH)–C–C–N with tert-alkyl or cyclic N) is 1. The zero-order valence-electron chi connectivity index (χ0n) is 12.6. The Balaban J connectivity index is 1.83. The number of carbonyl (C=O) groups excluding carboxylic acids is 1. The average Bonchev–Trinajstić information content (AvgIpc) is 2.42. The molecule has 1 heterocycles. The van der Waals surface area contributed by atoms with E-state index in [1.807, 2.05) is 6.92 Å². The molecule has 0 spiro atoms. The molecule has 0 amide bonds. The van der Waals surface area contributed by atoms with E-state index in [-0.39, 0.29) is 11.9 Å². The molecule has 2 aliphatic rings. The molecule has 2 fully saturated rings. The summed E-state index contributed by atoms with van der Waals surface area (Å²) in [6.07, 6.45) is 2.82. The third-order valence-electron chi connectivity index (χ3n) is 4.54. The fourth-order valence-corrected chi connectivity index (χ4v) is 3.18. The van der Waals surface area contributed by atoms with Crippen LogP contribution in [0.1, 0.15) is 39.5 Å². The highest BCUT2D eigenvalue weighted by atomic mass is 16.5. The van der Waals surface area contributed by atoms with E-state index in [0.29, 0.717) is 32.0 Å². The number of ether oxygens (including phenoxy) is 2. The van der Waals surface area contributed by atoms with Crippen LogP contribution in [0.3, 0.4) is 0 Å². The predicted molar refractivity (Wildman–Crippen MR) is 75.4 cm³/mol. The maximum Gasteiger partial charge on any atom is 0.308 e. The maximum atomic E-state index is 11.7. The van der Waals surface area contributed by atoms with Crippen LogP contribution in [0.25, 0.3) is 0 Å². The molecule has 1 saturated carbocycles. The molecule has 0 radical (unpaired) electrons. The zero-order valence-corrected chi connectivity index (χ0v) is 12.6. The van der Waals surface area contributed by atoms with Gasteiger partial charge in [-0.2, -0.15) is 0 Å². The summed E-state index contributed by atoms with van der Waals surface area (Å²) >= 11 is 0. The first-order valence-electron chi connectivity index (χ1n) is 7.75. The lowest BCUT2D eigenvalue weighted by Gasteiger charge is -2.42. The van der Waals surface area contributed by atoms with Crippen molar-refractivity contribution in [2.75, 3.05) is 32.9 Å². The number of esters is 1. The summed E-state index contributed by atoms with van der Waals surface area (Å²) in [6, 6.07) is 0.357. The Morgan fingerprint density at radius 1 is 1.45 bits per heavy atom. The van der Waals surface area contributed by atoms with Crippen LogP contribution in [0.15, 0.2) is 0 Å². The van der Waals surface area contributed by atoms with E-state index in [0.717, 1.165) is 32.6 Å². The van der Waals surface area contributed by atoms with Crippen molar-refractivity contribution >= 4 is 5.97 Å². The molecular formula is C15H27NO4. The second-order valence-electron chi connectivity index (χ2n) is 6.15. The van der Waals surface area contributed by atoms with E-state index < -0.39 is 5.60 Å². The van der Waals surface area contributed by atoms with Gasteiger partial charge in [0.05, 0.1) is 31.3 Å². The number of rotatable bonds is 4. The number of nitrogens with zero attached hydrogens (tertiary/aromatic N) is 1. The number of hydrogen-bond acceptors (Lipinski definition) is 5. The SMILES string of the molecule is CCOC(=O)C1CCC(O)(CN2CCOCC2C)CC1.